The first-order valence-corrected chi connectivity index (χ1v) is 9.93. The highest BCUT2D eigenvalue weighted by Gasteiger charge is 2.24. The molecular weight excluding hydrogens is 395 g/mol. The molecule has 2 N–H and O–H groups in total. The van der Waals surface area contributed by atoms with Gasteiger partial charge in [-0.05, 0) is 68.7 Å². The molecule has 1 unspecified atom stereocenters. The fraction of sp³-hybridized carbons (Fsp3) is 0.524. The van der Waals surface area contributed by atoms with E-state index in [4.69, 9.17) is 0 Å². The normalized spacial score (nSPS) is 19.1. The van der Waals surface area contributed by atoms with Crippen LogP contribution in [0.25, 0.3) is 0 Å². The van der Waals surface area contributed by atoms with E-state index in [0.29, 0.717) is 12.3 Å². The molecule has 1 aliphatic carbocycles. The van der Waals surface area contributed by atoms with Gasteiger partial charge >= 0.3 is 0 Å². The third-order valence-corrected chi connectivity index (χ3v) is 5.81. The molecule has 1 aliphatic heterocycles. The van der Waals surface area contributed by atoms with Crippen LogP contribution in [0.2, 0.25) is 0 Å². The summed E-state index contributed by atoms with van der Waals surface area (Å²) in [6, 6.07) is 10.7. The summed E-state index contributed by atoms with van der Waals surface area (Å²) in [6.45, 7) is 2.17. The van der Waals surface area contributed by atoms with Crippen molar-refractivity contribution in [1.82, 2.24) is 15.1 Å². The Morgan fingerprint density at radius 3 is 2.75 bits per heavy atom. The number of fused-ring (bicyclic) bond motifs is 1. The van der Waals surface area contributed by atoms with Gasteiger partial charge in [0.1, 0.15) is 5.82 Å². The number of hydrogen-bond donors (Lipinski definition) is 2. The molecule has 4 rings (SSSR count). The number of carbonyl (C=O) groups is 1. The second-order valence-corrected chi connectivity index (χ2v) is 7.55. The first kappa shape index (κ1) is 22.7. The molecule has 7 heteroatoms. The fourth-order valence-electron chi connectivity index (χ4n) is 4.35. The number of rotatable bonds is 5. The summed E-state index contributed by atoms with van der Waals surface area (Å²) in [6.07, 6.45) is 9.09. The fourth-order valence-corrected chi connectivity index (χ4v) is 4.35. The Hall–Kier alpha value is -1.56. The molecule has 1 aromatic heterocycles. The number of nitrogens with zero attached hydrogens (tertiary/aromatic N) is 2. The van der Waals surface area contributed by atoms with Crippen molar-refractivity contribution < 1.29 is 4.79 Å². The van der Waals surface area contributed by atoms with Crippen LogP contribution in [-0.2, 0) is 11.2 Å². The lowest BCUT2D eigenvalue weighted by Crippen LogP contribution is -2.28. The van der Waals surface area contributed by atoms with Crippen LogP contribution in [-0.4, -0.2) is 28.8 Å². The molecule has 0 radical (unpaired) electrons. The first-order chi connectivity index (χ1) is 12.8. The number of hydrogen-bond acceptors (Lipinski definition) is 3. The molecule has 1 saturated heterocycles. The number of carbonyl (C=O) groups excluding carboxylic acids is 1. The Labute approximate surface area is 179 Å². The maximum Gasteiger partial charge on any atom is 0.225 e. The minimum Gasteiger partial charge on any atom is -0.317 e. The van der Waals surface area contributed by atoms with Gasteiger partial charge in [0.15, 0.2) is 0 Å². The zero-order valence-corrected chi connectivity index (χ0v) is 17.7. The molecule has 0 bridgehead atoms. The smallest absolute Gasteiger partial charge is 0.225 e. The number of benzene rings is 1. The van der Waals surface area contributed by atoms with Gasteiger partial charge in [0, 0.05) is 12.5 Å². The summed E-state index contributed by atoms with van der Waals surface area (Å²) in [5.41, 5.74) is 2.75. The summed E-state index contributed by atoms with van der Waals surface area (Å²) < 4.78 is 2.00. The van der Waals surface area contributed by atoms with E-state index in [1.54, 1.807) is 6.20 Å². The third-order valence-electron chi connectivity index (χ3n) is 5.81. The van der Waals surface area contributed by atoms with Gasteiger partial charge in [0.05, 0.1) is 12.2 Å². The maximum atomic E-state index is 12.5. The van der Waals surface area contributed by atoms with E-state index in [-0.39, 0.29) is 36.8 Å². The number of piperidine rings is 1. The van der Waals surface area contributed by atoms with Crippen molar-refractivity contribution in [3.05, 3.63) is 47.7 Å². The second-order valence-electron chi connectivity index (χ2n) is 7.55. The zero-order valence-electron chi connectivity index (χ0n) is 16.1. The van der Waals surface area contributed by atoms with Gasteiger partial charge in [0.2, 0.25) is 5.91 Å². The van der Waals surface area contributed by atoms with E-state index in [9.17, 15) is 4.79 Å². The Kier molecular flexibility index (Phi) is 8.80. The summed E-state index contributed by atoms with van der Waals surface area (Å²) >= 11 is 0. The Morgan fingerprint density at radius 2 is 1.93 bits per heavy atom. The molecule has 2 heterocycles. The molecule has 28 heavy (non-hydrogen) atoms. The maximum absolute atomic E-state index is 12.5. The van der Waals surface area contributed by atoms with Crippen LogP contribution in [0.5, 0.6) is 0 Å². The average molecular weight is 425 g/mol. The largest absolute Gasteiger partial charge is 0.317 e. The Balaban J connectivity index is 0.00000140. The summed E-state index contributed by atoms with van der Waals surface area (Å²) in [4.78, 5) is 12.5. The van der Waals surface area contributed by atoms with Crippen LogP contribution >= 0.6 is 24.8 Å². The van der Waals surface area contributed by atoms with E-state index >= 15 is 0 Å². The lowest BCUT2D eigenvalue weighted by Gasteiger charge is -2.27. The molecule has 5 nitrogen and oxygen atoms in total. The van der Waals surface area contributed by atoms with Gasteiger partial charge in [-0.15, -0.1) is 24.8 Å². The minimum absolute atomic E-state index is 0. The molecule has 154 valence electrons. The topological polar surface area (TPSA) is 59.0 Å². The van der Waals surface area contributed by atoms with Gasteiger partial charge in [-0.2, -0.15) is 5.10 Å². The van der Waals surface area contributed by atoms with Gasteiger partial charge in [0.25, 0.3) is 0 Å². The predicted octanol–water partition coefficient (Wildman–Crippen LogP) is 4.37. The van der Waals surface area contributed by atoms with Gasteiger partial charge in [-0.1, -0.05) is 24.3 Å². The highest BCUT2D eigenvalue weighted by Crippen LogP contribution is 2.34. The highest BCUT2D eigenvalue weighted by atomic mass is 35.5. The van der Waals surface area contributed by atoms with Crippen molar-refractivity contribution in [1.29, 1.82) is 0 Å². The Bertz CT molecular complexity index is 758. The van der Waals surface area contributed by atoms with Crippen molar-refractivity contribution in [3.8, 4) is 0 Å². The van der Waals surface area contributed by atoms with E-state index < -0.39 is 0 Å². The SMILES string of the molecule is Cl.Cl.O=C(CCC1CCNCC1)Nc1ccnn1C1CCCc2ccccc21. The number of aromatic nitrogens is 2. The molecular formula is C21H30Cl2N4O. The molecule has 2 aliphatic rings. The molecule has 2 aromatic rings. The standard InChI is InChI=1S/C21H28N4O.2ClH/c26-21(9-8-16-10-13-22-14-11-16)24-20-12-15-23-25(20)19-7-3-5-17-4-1-2-6-18(17)19;;/h1-2,4,6,12,15-16,19,22H,3,5,7-11,13-14H2,(H,24,26);2*1H. The minimum atomic E-state index is 0. The summed E-state index contributed by atoms with van der Waals surface area (Å²) in [5, 5.41) is 11.0. The Morgan fingerprint density at radius 1 is 1.14 bits per heavy atom. The molecule has 1 atom stereocenters. The van der Waals surface area contributed by atoms with Crippen LogP contribution in [0.3, 0.4) is 0 Å². The van der Waals surface area contributed by atoms with Crippen molar-refractivity contribution in [2.24, 2.45) is 5.92 Å². The van der Waals surface area contributed by atoms with Crippen LogP contribution in [0.1, 0.15) is 55.7 Å². The van der Waals surface area contributed by atoms with Crippen molar-refractivity contribution in [2.75, 3.05) is 18.4 Å². The van der Waals surface area contributed by atoms with Gasteiger partial charge < -0.3 is 10.6 Å². The molecule has 0 saturated carbocycles. The number of amides is 1. The molecule has 1 fully saturated rings. The van der Waals surface area contributed by atoms with E-state index in [1.807, 2.05) is 10.7 Å². The van der Waals surface area contributed by atoms with Crippen molar-refractivity contribution in [2.45, 2.75) is 51.0 Å². The van der Waals surface area contributed by atoms with Crippen LogP contribution in [0.4, 0.5) is 5.82 Å². The zero-order chi connectivity index (χ0) is 17.8. The van der Waals surface area contributed by atoms with E-state index in [0.717, 1.165) is 44.6 Å². The van der Waals surface area contributed by atoms with Gasteiger partial charge in [-0.3, -0.25) is 4.79 Å². The second kappa shape index (κ2) is 10.8. The van der Waals surface area contributed by atoms with E-state index in [2.05, 4.69) is 40.0 Å². The van der Waals surface area contributed by atoms with Crippen molar-refractivity contribution >= 4 is 36.5 Å². The molecule has 0 spiro atoms. The predicted molar refractivity (Wildman–Crippen MR) is 118 cm³/mol. The molecule has 1 amide bonds. The lowest BCUT2D eigenvalue weighted by atomic mass is 9.88. The number of halogens is 2. The number of aryl methyl sites for hydroxylation is 1. The summed E-state index contributed by atoms with van der Waals surface area (Å²) in [7, 11) is 0. The third kappa shape index (κ3) is 5.28. The van der Waals surface area contributed by atoms with Crippen LogP contribution in [0, 0.1) is 5.92 Å². The average Bonchev–Trinajstić information content (AvgIpc) is 3.14. The lowest BCUT2D eigenvalue weighted by molar-refractivity contribution is -0.116. The van der Waals surface area contributed by atoms with E-state index in [1.165, 1.54) is 24.0 Å². The quantitative estimate of drug-likeness (QED) is 0.748. The highest BCUT2D eigenvalue weighted by molar-refractivity contribution is 5.89. The number of nitrogens with one attached hydrogen (secondary N) is 2. The first-order valence-electron chi connectivity index (χ1n) is 9.93. The van der Waals surface area contributed by atoms with Crippen LogP contribution < -0.4 is 10.6 Å². The number of anilines is 1. The van der Waals surface area contributed by atoms with Gasteiger partial charge in [-0.25, -0.2) is 4.68 Å². The van der Waals surface area contributed by atoms with Crippen molar-refractivity contribution in [3.63, 3.8) is 0 Å². The summed E-state index contributed by atoms with van der Waals surface area (Å²) in [5.74, 6) is 1.61. The molecule has 1 aromatic carbocycles. The monoisotopic (exact) mass is 424 g/mol. The van der Waals surface area contributed by atoms with Crippen LogP contribution in [0.15, 0.2) is 36.5 Å².